The lowest BCUT2D eigenvalue weighted by molar-refractivity contribution is -0.133. The largest absolute Gasteiger partial charge is 0.478 e. The second-order valence-electron chi connectivity index (χ2n) is 4.25. The van der Waals surface area contributed by atoms with Crippen molar-refractivity contribution >= 4 is 11.9 Å². The normalized spacial score (nSPS) is 12.8. The summed E-state index contributed by atoms with van der Waals surface area (Å²) < 4.78 is 0. The smallest absolute Gasteiger partial charge is 0.331 e. The summed E-state index contributed by atoms with van der Waals surface area (Å²) in [5, 5.41) is 17.9. The van der Waals surface area contributed by atoms with Crippen LogP contribution in [0.4, 0.5) is 0 Å². The number of rotatable bonds is 5. The quantitative estimate of drug-likeness (QED) is 0.630. The van der Waals surface area contributed by atoms with Gasteiger partial charge in [-0.05, 0) is 37.5 Å². The van der Waals surface area contributed by atoms with Gasteiger partial charge in [0.15, 0.2) is 0 Å². The van der Waals surface area contributed by atoms with Crippen LogP contribution in [0.25, 0.3) is 0 Å². The number of aliphatic carboxylic acids is 2. The van der Waals surface area contributed by atoms with Crippen molar-refractivity contribution in [1.29, 1.82) is 0 Å². The van der Waals surface area contributed by atoms with Crippen molar-refractivity contribution < 1.29 is 19.8 Å². The van der Waals surface area contributed by atoms with E-state index in [4.69, 9.17) is 10.2 Å². The zero-order valence-electron chi connectivity index (χ0n) is 10.9. The van der Waals surface area contributed by atoms with E-state index in [2.05, 4.69) is 0 Å². The van der Waals surface area contributed by atoms with E-state index in [-0.39, 0.29) is 11.1 Å². The van der Waals surface area contributed by atoms with Gasteiger partial charge in [-0.2, -0.15) is 0 Å². The summed E-state index contributed by atoms with van der Waals surface area (Å²) in [7, 11) is 0. The summed E-state index contributed by atoms with van der Waals surface area (Å²) in [6.07, 6.45) is 1.81. The molecule has 0 aliphatic carbocycles. The minimum atomic E-state index is -1.05. The first kappa shape index (κ1) is 14.7. The molecular weight excluding hydrogens is 244 g/mol. The molecule has 0 aliphatic heterocycles. The third-order valence-electron chi connectivity index (χ3n) is 2.77. The number of carboxylic acid groups (broad SMARTS) is 2. The molecule has 0 bridgehead atoms. The molecule has 0 saturated heterocycles. The molecule has 1 aromatic rings. The molecule has 0 heterocycles. The number of allylic oxidation sites excluding steroid dienone is 2. The molecule has 2 N–H and O–H groups in total. The van der Waals surface area contributed by atoms with Gasteiger partial charge in [0.25, 0.3) is 0 Å². The molecule has 4 nitrogen and oxygen atoms in total. The number of carbonyl (C=O) groups is 2. The lowest BCUT2D eigenvalue weighted by Gasteiger charge is -2.07. The van der Waals surface area contributed by atoms with Gasteiger partial charge in [0, 0.05) is 11.1 Å². The highest BCUT2D eigenvalue weighted by atomic mass is 16.4. The van der Waals surface area contributed by atoms with Crippen LogP contribution < -0.4 is 0 Å². The third kappa shape index (κ3) is 4.43. The van der Waals surface area contributed by atoms with Gasteiger partial charge in [-0.25, -0.2) is 9.59 Å². The lowest BCUT2D eigenvalue weighted by Crippen LogP contribution is -2.04. The van der Waals surface area contributed by atoms with E-state index in [1.165, 1.54) is 19.9 Å². The minimum absolute atomic E-state index is 0.117. The van der Waals surface area contributed by atoms with Crippen LogP contribution in [0.5, 0.6) is 0 Å². The van der Waals surface area contributed by atoms with Crippen molar-refractivity contribution in [1.82, 2.24) is 0 Å². The molecule has 0 amide bonds. The average molecular weight is 260 g/mol. The Hall–Kier alpha value is -2.36. The van der Waals surface area contributed by atoms with E-state index in [1.54, 1.807) is 0 Å². The van der Waals surface area contributed by atoms with Crippen LogP contribution in [0.2, 0.25) is 0 Å². The van der Waals surface area contributed by atoms with Gasteiger partial charge in [0.05, 0.1) is 0 Å². The molecular formula is C15H16O4. The average Bonchev–Trinajstić information content (AvgIpc) is 2.37. The summed E-state index contributed by atoms with van der Waals surface area (Å²) in [5.41, 5.74) is 1.71. The Morgan fingerprint density at radius 1 is 1.05 bits per heavy atom. The molecule has 1 aromatic carbocycles. The first-order valence-electron chi connectivity index (χ1n) is 5.80. The molecule has 0 spiro atoms. The van der Waals surface area contributed by atoms with E-state index in [0.717, 1.165) is 5.56 Å². The topological polar surface area (TPSA) is 74.6 Å². The van der Waals surface area contributed by atoms with E-state index in [0.29, 0.717) is 12.0 Å². The predicted molar refractivity (Wildman–Crippen MR) is 71.9 cm³/mol. The number of benzene rings is 1. The molecule has 0 saturated carbocycles. The summed E-state index contributed by atoms with van der Waals surface area (Å²) in [5.74, 6) is -2.09. The first-order chi connectivity index (χ1) is 8.91. The molecule has 19 heavy (non-hydrogen) atoms. The molecule has 0 atom stereocenters. The van der Waals surface area contributed by atoms with Crippen LogP contribution in [-0.2, 0) is 16.0 Å². The summed E-state index contributed by atoms with van der Waals surface area (Å²) in [4.78, 5) is 21.9. The van der Waals surface area contributed by atoms with E-state index in [9.17, 15) is 9.59 Å². The Morgan fingerprint density at radius 2 is 1.63 bits per heavy atom. The number of hydrogen-bond donors (Lipinski definition) is 2. The van der Waals surface area contributed by atoms with Gasteiger partial charge in [-0.1, -0.05) is 30.3 Å². The Bertz CT molecular complexity index is 539. The second kappa shape index (κ2) is 6.54. The molecule has 100 valence electrons. The summed E-state index contributed by atoms with van der Waals surface area (Å²) in [6, 6.07) is 9.33. The highest BCUT2D eigenvalue weighted by Gasteiger charge is 2.10. The first-order valence-corrected chi connectivity index (χ1v) is 5.80. The molecule has 0 radical (unpaired) electrons. The third-order valence-corrected chi connectivity index (χ3v) is 2.77. The molecule has 4 heteroatoms. The highest BCUT2D eigenvalue weighted by molar-refractivity contribution is 5.90. The van der Waals surface area contributed by atoms with Gasteiger partial charge in [0.1, 0.15) is 0 Å². The van der Waals surface area contributed by atoms with Crippen LogP contribution in [-0.4, -0.2) is 22.2 Å². The van der Waals surface area contributed by atoms with Crippen molar-refractivity contribution in [2.45, 2.75) is 20.3 Å². The monoisotopic (exact) mass is 260 g/mol. The Labute approximate surface area is 111 Å². The standard InChI is InChI=1S/C15H16O4/c1-10(14(16)17)8-13(11(2)15(18)19)9-12-6-4-3-5-7-12/h3-8H,9H2,1-2H3,(H,16,17)(H,18,19). The SMILES string of the molecule is CC(=CC(Cc1ccccc1)=C(C)C(=O)O)C(=O)O. The Kier molecular flexibility index (Phi) is 5.06. The van der Waals surface area contributed by atoms with Crippen molar-refractivity contribution in [3.05, 3.63) is 58.7 Å². The van der Waals surface area contributed by atoms with Gasteiger partial charge >= 0.3 is 11.9 Å². The minimum Gasteiger partial charge on any atom is -0.478 e. The Balaban J connectivity index is 3.15. The predicted octanol–water partition coefficient (Wildman–Crippen LogP) is 2.66. The van der Waals surface area contributed by atoms with Crippen LogP contribution in [0.3, 0.4) is 0 Å². The van der Waals surface area contributed by atoms with Crippen LogP contribution >= 0.6 is 0 Å². The van der Waals surface area contributed by atoms with Gasteiger partial charge in [-0.3, -0.25) is 0 Å². The number of hydrogen-bond acceptors (Lipinski definition) is 2. The molecule has 0 aromatic heterocycles. The van der Waals surface area contributed by atoms with E-state index >= 15 is 0 Å². The van der Waals surface area contributed by atoms with E-state index < -0.39 is 11.9 Å². The Morgan fingerprint density at radius 3 is 2.11 bits per heavy atom. The summed E-state index contributed by atoms with van der Waals surface area (Å²) >= 11 is 0. The van der Waals surface area contributed by atoms with E-state index in [1.807, 2.05) is 30.3 Å². The molecule has 1 rings (SSSR count). The number of carboxylic acids is 2. The fraction of sp³-hybridized carbons (Fsp3) is 0.200. The van der Waals surface area contributed by atoms with Gasteiger partial charge < -0.3 is 10.2 Å². The molecule has 0 aliphatic rings. The van der Waals surface area contributed by atoms with Crippen molar-refractivity contribution in [3.63, 3.8) is 0 Å². The zero-order valence-corrected chi connectivity index (χ0v) is 10.9. The zero-order chi connectivity index (χ0) is 14.4. The highest BCUT2D eigenvalue weighted by Crippen LogP contribution is 2.16. The lowest BCUT2D eigenvalue weighted by atomic mass is 9.98. The molecule has 0 fully saturated rings. The van der Waals surface area contributed by atoms with Crippen molar-refractivity contribution in [3.8, 4) is 0 Å². The maximum absolute atomic E-state index is 11.0. The second-order valence-corrected chi connectivity index (χ2v) is 4.25. The molecule has 0 unspecified atom stereocenters. The fourth-order valence-corrected chi connectivity index (χ4v) is 1.57. The van der Waals surface area contributed by atoms with Crippen LogP contribution in [0, 0.1) is 0 Å². The van der Waals surface area contributed by atoms with Crippen LogP contribution in [0.15, 0.2) is 53.1 Å². The van der Waals surface area contributed by atoms with Crippen molar-refractivity contribution in [2.75, 3.05) is 0 Å². The fourth-order valence-electron chi connectivity index (χ4n) is 1.57. The van der Waals surface area contributed by atoms with Gasteiger partial charge in [0.2, 0.25) is 0 Å². The van der Waals surface area contributed by atoms with Gasteiger partial charge in [-0.15, -0.1) is 0 Å². The van der Waals surface area contributed by atoms with Crippen LogP contribution in [0.1, 0.15) is 19.4 Å². The van der Waals surface area contributed by atoms with Crippen molar-refractivity contribution in [2.24, 2.45) is 0 Å². The maximum atomic E-state index is 11.0. The summed E-state index contributed by atoms with van der Waals surface area (Å²) in [6.45, 7) is 2.93. The maximum Gasteiger partial charge on any atom is 0.331 e.